The van der Waals surface area contributed by atoms with Crippen molar-refractivity contribution < 1.29 is 4.79 Å². The fraction of sp³-hybridized carbons (Fsp3) is 0.611. The molecule has 0 aliphatic heterocycles. The molecule has 4 nitrogen and oxygen atoms in total. The molecule has 0 spiro atoms. The Morgan fingerprint density at radius 3 is 2.48 bits per heavy atom. The third kappa shape index (κ3) is 7.27. The Morgan fingerprint density at radius 2 is 1.78 bits per heavy atom. The molecule has 1 aliphatic carbocycles. The maximum absolute atomic E-state index is 11.8. The zero-order valence-electron chi connectivity index (χ0n) is 13.9. The molecule has 2 rings (SSSR count). The minimum atomic E-state index is -0.0874. The van der Waals surface area contributed by atoms with Gasteiger partial charge in [-0.1, -0.05) is 43.5 Å². The van der Waals surface area contributed by atoms with Gasteiger partial charge in [0.25, 0.3) is 0 Å². The lowest BCUT2D eigenvalue weighted by Crippen LogP contribution is -2.35. The van der Waals surface area contributed by atoms with Gasteiger partial charge in [0, 0.05) is 24.9 Å². The van der Waals surface area contributed by atoms with Gasteiger partial charge in [-0.15, -0.1) is 0 Å². The summed E-state index contributed by atoms with van der Waals surface area (Å²) in [5.74, 6) is 1.14. The first-order valence-electron chi connectivity index (χ1n) is 8.69. The number of rotatable bonds is 8. The van der Waals surface area contributed by atoms with Gasteiger partial charge >= 0.3 is 6.03 Å². The Morgan fingerprint density at radius 1 is 1.09 bits per heavy atom. The quantitative estimate of drug-likeness (QED) is 0.638. The Balaban J connectivity index is 1.50. The molecule has 1 saturated carbocycles. The summed E-state index contributed by atoms with van der Waals surface area (Å²) >= 11 is 2.08. The van der Waals surface area contributed by atoms with Crippen LogP contribution in [0.1, 0.15) is 49.7 Å². The van der Waals surface area contributed by atoms with Gasteiger partial charge in [-0.05, 0) is 36.1 Å². The van der Waals surface area contributed by atoms with E-state index in [0.717, 1.165) is 35.1 Å². The molecule has 0 unspecified atom stereocenters. The number of hydrogen-bond donors (Lipinski definition) is 3. The Kier molecular flexibility index (Phi) is 8.32. The average Bonchev–Trinajstić information content (AvgIpc) is 2.61. The fourth-order valence-electron chi connectivity index (χ4n) is 2.79. The highest BCUT2D eigenvalue weighted by Crippen LogP contribution is 2.28. The van der Waals surface area contributed by atoms with Gasteiger partial charge in [-0.2, -0.15) is 11.8 Å². The van der Waals surface area contributed by atoms with Crippen LogP contribution < -0.4 is 16.4 Å². The minimum Gasteiger partial charge on any atom is -0.338 e. The van der Waals surface area contributed by atoms with Gasteiger partial charge in [-0.3, -0.25) is 0 Å². The zero-order valence-corrected chi connectivity index (χ0v) is 14.7. The second-order valence-corrected chi connectivity index (χ2v) is 7.52. The number of carbonyl (C=O) groups is 1. The SMILES string of the molecule is NCc1ccc(CNC(=O)NCCCSC2CCCCC2)cc1. The van der Waals surface area contributed by atoms with E-state index >= 15 is 0 Å². The highest BCUT2D eigenvalue weighted by molar-refractivity contribution is 7.99. The van der Waals surface area contributed by atoms with E-state index in [0.29, 0.717) is 13.1 Å². The predicted octanol–water partition coefficient (Wildman–Crippen LogP) is 3.40. The molecule has 1 aliphatic rings. The lowest BCUT2D eigenvalue weighted by molar-refractivity contribution is 0.240. The number of nitrogens with two attached hydrogens (primary N) is 1. The Hall–Kier alpha value is -1.20. The number of nitrogens with one attached hydrogen (secondary N) is 2. The van der Waals surface area contributed by atoms with Crippen molar-refractivity contribution in [2.75, 3.05) is 12.3 Å². The molecule has 0 heterocycles. The molecule has 0 atom stereocenters. The highest BCUT2D eigenvalue weighted by atomic mass is 32.2. The topological polar surface area (TPSA) is 67.1 Å². The minimum absolute atomic E-state index is 0.0874. The maximum Gasteiger partial charge on any atom is 0.315 e. The van der Waals surface area contributed by atoms with Crippen LogP contribution in [0, 0.1) is 0 Å². The molecule has 0 aromatic heterocycles. The lowest BCUT2D eigenvalue weighted by Gasteiger charge is -2.20. The van der Waals surface area contributed by atoms with Crippen molar-refractivity contribution in [1.82, 2.24) is 10.6 Å². The van der Waals surface area contributed by atoms with Crippen molar-refractivity contribution in [2.24, 2.45) is 5.73 Å². The van der Waals surface area contributed by atoms with Crippen molar-refractivity contribution in [3.8, 4) is 0 Å². The molecule has 4 N–H and O–H groups in total. The third-order valence-corrected chi connectivity index (χ3v) is 5.69. The second kappa shape index (κ2) is 10.6. The third-order valence-electron chi connectivity index (χ3n) is 4.22. The number of thioether (sulfide) groups is 1. The van der Waals surface area contributed by atoms with Crippen molar-refractivity contribution in [3.63, 3.8) is 0 Å². The lowest BCUT2D eigenvalue weighted by atomic mass is 10.0. The van der Waals surface area contributed by atoms with E-state index in [4.69, 9.17) is 5.73 Å². The molecule has 5 heteroatoms. The molecular weight excluding hydrogens is 306 g/mol. The van der Waals surface area contributed by atoms with Gasteiger partial charge in [0.2, 0.25) is 0 Å². The average molecular weight is 336 g/mol. The van der Waals surface area contributed by atoms with Crippen LogP contribution in [0.15, 0.2) is 24.3 Å². The van der Waals surface area contributed by atoms with Gasteiger partial charge in [0.15, 0.2) is 0 Å². The monoisotopic (exact) mass is 335 g/mol. The van der Waals surface area contributed by atoms with Crippen LogP contribution in [0.4, 0.5) is 4.79 Å². The van der Waals surface area contributed by atoms with E-state index in [2.05, 4.69) is 22.4 Å². The summed E-state index contributed by atoms with van der Waals surface area (Å²) in [6, 6.07) is 7.91. The first-order chi connectivity index (χ1) is 11.3. The van der Waals surface area contributed by atoms with Crippen LogP contribution in [-0.2, 0) is 13.1 Å². The number of amides is 2. The van der Waals surface area contributed by atoms with E-state index in [9.17, 15) is 4.79 Å². The molecule has 0 radical (unpaired) electrons. The summed E-state index contributed by atoms with van der Waals surface area (Å²) < 4.78 is 0. The van der Waals surface area contributed by atoms with Gasteiger partial charge < -0.3 is 16.4 Å². The molecule has 23 heavy (non-hydrogen) atoms. The molecule has 128 valence electrons. The van der Waals surface area contributed by atoms with E-state index in [-0.39, 0.29) is 6.03 Å². The van der Waals surface area contributed by atoms with Gasteiger partial charge in [0.1, 0.15) is 0 Å². The zero-order chi connectivity index (χ0) is 16.3. The van der Waals surface area contributed by atoms with Crippen LogP contribution in [0.2, 0.25) is 0 Å². The molecule has 0 saturated heterocycles. The Labute approximate surface area is 144 Å². The largest absolute Gasteiger partial charge is 0.338 e. The number of benzene rings is 1. The second-order valence-electron chi connectivity index (χ2n) is 6.11. The summed E-state index contributed by atoms with van der Waals surface area (Å²) in [7, 11) is 0. The molecular formula is C18H29N3OS. The van der Waals surface area contributed by atoms with Crippen molar-refractivity contribution in [3.05, 3.63) is 35.4 Å². The normalized spacial score (nSPS) is 15.3. The highest BCUT2D eigenvalue weighted by Gasteiger charge is 2.12. The Bertz CT molecular complexity index is 458. The first kappa shape index (κ1) is 18.1. The summed E-state index contributed by atoms with van der Waals surface area (Å²) in [6.45, 7) is 1.85. The van der Waals surface area contributed by atoms with E-state index in [1.807, 2.05) is 24.3 Å². The van der Waals surface area contributed by atoms with Crippen LogP contribution in [0.25, 0.3) is 0 Å². The standard InChI is InChI=1S/C18H29N3OS/c19-13-15-7-9-16(10-8-15)14-21-18(22)20-11-4-12-23-17-5-2-1-3-6-17/h7-10,17H,1-6,11-14,19H2,(H2,20,21,22). The van der Waals surface area contributed by atoms with Gasteiger partial charge in [-0.25, -0.2) is 4.79 Å². The van der Waals surface area contributed by atoms with Crippen molar-refractivity contribution >= 4 is 17.8 Å². The van der Waals surface area contributed by atoms with Gasteiger partial charge in [0.05, 0.1) is 0 Å². The first-order valence-corrected chi connectivity index (χ1v) is 9.74. The van der Waals surface area contributed by atoms with E-state index < -0.39 is 0 Å². The van der Waals surface area contributed by atoms with Crippen LogP contribution in [0.3, 0.4) is 0 Å². The van der Waals surface area contributed by atoms with E-state index in [1.54, 1.807) is 0 Å². The van der Waals surface area contributed by atoms with E-state index in [1.165, 1.54) is 32.1 Å². The molecule has 0 bridgehead atoms. The summed E-state index contributed by atoms with van der Waals surface area (Å²) in [5.41, 5.74) is 7.76. The van der Waals surface area contributed by atoms with Crippen molar-refractivity contribution in [2.45, 2.75) is 56.9 Å². The summed E-state index contributed by atoms with van der Waals surface area (Å²) in [5, 5.41) is 6.67. The van der Waals surface area contributed by atoms with Crippen LogP contribution in [-0.4, -0.2) is 23.6 Å². The molecule has 1 aromatic rings. The summed E-state index contributed by atoms with van der Waals surface area (Å²) in [4.78, 5) is 11.8. The number of urea groups is 1. The van der Waals surface area contributed by atoms with Crippen LogP contribution >= 0.6 is 11.8 Å². The molecule has 2 amide bonds. The molecule has 1 aromatic carbocycles. The van der Waals surface area contributed by atoms with Crippen LogP contribution in [0.5, 0.6) is 0 Å². The smallest absolute Gasteiger partial charge is 0.315 e. The maximum atomic E-state index is 11.8. The number of hydrogen-bond acceptors (Lipinski definition) is 3. The summed E-state index contributed by atoms with van der Waals surface area (Å²) in [6.07, 6.45) is 7.99. The van der Waals surface area contributed by atoms with Crippen molar-refractivity contribution in [1.29, 1.82) is 0 Å². The predicted molar refractivity (Wildman–Crippen MR) is 98.5 cm³/mol. The fourth-order valence-corrected chi connectivity index (χ4v) is 4.10. The molecule has 1 fully saturated rings. The number of carbonyl (C=O) groups excluding carboxylic acids is 1.